The first-order valence-electron chi connectivity index (χ1n) is 13.7. The molecule has 10 nitrogen and oxygen atoms in total. The van der Waals surface area contributed by atoms with Gasteiger partial charge in [0.1, 0.15) is 17.3 Å². The van der Waals surface area contributed by atoms with Crippen LogP contribution in [0.4, 0.5) is 0 Å². The molecule has 0 fully saturated rings. The highest BCUT2D eigenvalue weighted by molar-refractivity contribution is 7.98. The molecule has 3 aliphatic rings. The van der Waals surface area contributed by atoms with Crippen molar-refractivity contribution >= 4 is 52.4 Å². The first-order valence-corrected chi connectivity index (χ1v) is 15.7. The molecule has 4 aromatic carbocycles. The Hall–Kier alpha value is -4.91. The molecular formula is C33H24N2O8S2. The van der Waals surface area contributed by atoms with E-state index in [2.05, 4.69) is 8.75 Å². The fourth-order valence-corrected chi connectivity index (χ4v) is 6.19. The van der Waals surface area contributed by atoms with Gasteiger partial charge in [-0.05, 0) is 72.0 Å². The smallest absolute Gasteiger partial charge is 0.342 e. The van der Waals surface area contributed by atoms with Crippen LogP contribution in [-0.4, -0.2) is 46.0 Å². The number of esters is 1. The zero-order valence-electron chi connectivity index (χ0n) is 23.7. The lowest BCUT2D eigenvalue weighted by molar-refractivity contribution is -0.185. The monoisotopic (exact) mass is 640 g/mol. The average molecular weight is 641 g/mol. The highest BCUT2D eigenvalue weighted by Gasteiger charge is 2.48. The molecule has 1 aromatic heterocycles. The summed E-state index contributed by atoms with van der Waals surface area (Å²) in [4.78, 5) is 24.6. The Bertz CT molecular complexity index is 1970. The van der Waals surface area contributed by atoms with E-state index in [4.69, 9.17) is 23.7 Å². The van der Waals surface area contributed by atoms with Crippen LogP contribution in [0.15, 0.2) is 89.3 Å². The summed E-state index contributed by atoms with van der Waals surface area (Å²) in [6.07, 6.45) is 3.03. The third-order valence-corrected chi connectivity index (χ3v) is 8.83. The highest BCUT2D eigenvalue weighted by atomic mass is 32.2. The van der Waals surface area contributed by atoms with Gasteiger partial charge in [-0.15, -0.1) is 11.8 Å². The molecule has 1 atom stereocenters. The molecule has 45 heavy (non-hydrogen) atoms. The lowest BCUT2D eigenvalue weighted by Crippen LogP contribution is -2.29. The van der Waals surface area contributed by atoms with Gasteiger partial charge in [-0.3, -0.25) is 4.79 Å². The van der Waals surface area contributed by atoms with Crippen LogP contribution in [0.2, 0.25) is 0 Å². The molecule has 5 aromatic rings. The Balaban J connectivity index is 0.000000249. The fourth-order valence-electron chi connectivity index (χ4n) is 5.27. The molecule has 0 aliphatic carbocycles. The maximum Gasteiger partial charge on any atom is 0.342 e. The minimum absolute atomic E-state index is 0.168. The molecule has 0 bridgehead atoms. The van der Waals surface area contributed by atoms with Crippen LogP contribution in [0.1, 0.15) is 27.0 Å². The second kappa shape index (κ2) is 11.9. The number of benzene rings is 4. The molecule has 0 radical (unpaired) electrons. The van der Waals surface area contributed by atoms with Crippen molar-refractivity contribution in [3.05, 3.63) is 107 Å². The van der Waals surface area contributed by atoms with Gasteiger partial charge in [0.25, 0.3) is 5.79 Å². The summed E-state index contributed by atoms with van der Waals surface area (Å²) in [6.45, 7) is 0.416. The van der Waals surface area contributed by atoms with Gasteiger partial charge in [0.15, 0.2) is 23.0 Å². The summed E-state index contributed by atoms with van der Waals surface area (Å²) in [7, 11) is 0. The predicted octanol–water partition coefficient (Wildman–Crippen LogP) is 5.77. The zero-order valence-corrected chi connectivity index (χ0v) is 25.4. The molecule has 12 heteroatoms. The molecule has 3 aliphatic heterocycles. The van der Waals surface area contributed by atoms with Crippen molar-refractivity contribution in [1.29, 1.82) is 0 Å². The van der Waals surface area contributed by atoms with Gasteiger partial charge in [0.2, 0.25) is 13.6 Å². The first-order chi connectivity index (χ1) is 21.9. The summed E-state index contributed by atoms with van der Waals surface area (Å²) in [5, 5.41) is 11.8. The minimum Gasteiger partial charge on any atom is -0.454 e. The van der Waals surface area contributed by atoms with Gasteiger partial charge in [0, 0.05) is 28.0 Å². The van der Waals surface area contributed by atoms with Crippen LogP contribution in [0, 0.1) is 0 Å². The van der Waals surface area contributed by atoms with Crippen LogP contribution in [-0.2, 0) is 21.7 Å². The van der Waals surface area contributed by atoms with Crippen molar-refractivity contribution in [2.45, 2.75) is 17.1 Å². The van der Waals surface area contributed by atoms with E-state index in [1.807, 2.05) is 48.7 Å². The van der Waals surface area contributed by atoms with Gasteiger partial charge < -0.3 is 28.8 Å². The van der Waals surface area contributed by atoms with E-state index >= 15 is 0 Å². The third kappa shape index (κ3) is 5.48. The number of aromatic nitrogens is 2. The SMILES string of the molecule is CSc1ccc(C2(O)OC(=O)C(c3ccc4nsnc4c3)=C2Cc2ccc3c(c2)OCO3)cc1.O=Cc1ccc2c(c1)OCO2. The third-order valence-electron chi connectivity index (χ3n) is 7.53. The number of cyclic esters (lactones) is 1. The molecule has 8 rings (SSSR count). The van der Waals surface area contributed by atoms with Crippen LogP contribution in [0.3, 0.4) is 0 Å². The summed E-state index contributed by atoms with van der Waals surface area (Å²) in [6, 6.07) is 23.5. The summed E-state index contributed by atoms with van der Waals surface area (Å²) < 4.78 is 35.3. The lowest BCUT2D eigenvalue weighted by atomic mass is 9.88. The van der Waals surface area contributed by atoms with Crippen molar-refractivity contribution in [3.8, 4) is 23.0 Å². The van der Waals surface area contributed by atoms with E-state index in [0.29, 0.717) is 56.4 Å². The normalized spacial score (nSPS) is 17.7. The van der Waals surface area contributed by atoms with Crippen LogP contribution in [0.5, 0.6) is 23.0 Å². The summed E-state index contributed by atoms with van der Waals surface area (Å²) >= 11 is 2.71. The number of hydrogen-bond donors (Lipinski definition) is 1. The molecule has 226 valence electrons. The number of carbonyl (C=O) groups is 2. The van der Waals surface area contributed by atoms with Crippen molar-refractivity contribution in [2.75, 3.05) is 19.8 Å². The summed E-state index contributed by atoms with van der Waals surface area (Å²) in [5.41, 5.74) is 4.78. The average Bonchev–Trinajstić information content (AvgIpc) is 3.87. The number of carbonyl (C=O) groups excluding carboxylic acids is 2. The Kier molecular flexibility index (Phi) is 7.61. The van der Waals surface area contributed by atoms with E-state index in [9.17, 15) is 14.7 Å². The molecule has 0 amide bonds. The first kappa shape index (κ1) is 28.8. The number of aliphatic hydroxyl groups is 1. The predicted molar refractivity (Wildman–Crippen MR) is 167 cm³/mol. The number of fused-ring (bicyclic) bond motifs is 3. The topological polar surface area (TPSA) is 126 Å². The van der Waals surface area contributed by atoms with E-state index in [1.165, 1.54) is 0 Å². The van der Waals surface area contributed by atoms with Gasteiger partial charge in [-0.25, -0.2) is 4.79 Å². The van der Waals surface area contributed by atoms with Crippen molar-refractivity contribution < 1.29 is 38.4 Å². The van der Waals surface area contributed by atoms with Crippen LogP contribution < -0.4 is 18.9 Å². The maximum atomic E-state index is 13.2. The zero-order chi connectivity index (χ0) is 31.0. The largest absolute Gasteiger partial charge is 0.454 e. The number of hydrogen-bond acceptors (Lipinski definition) is 12. The van der Waals surface area contributed by atoms with Gasteiger partial charge >= 0.3 is 5.97 Å². The molecule has 0 spiro atoms. The van der Waals surface area contributed by atoms with E-state index in [0.717, 1.165) is 34.0 Å². The van der Waals surface area contributed by atoms with Gasteiger partial charge in [0.05, 0.1) is 17.3 Å². The van der Waals surface area contributed by atoms with Crippen molar-refractivity contribution in [2.24, 2.45) is 0 Å². The fraction of sp³-hybridized carbons (Fsp3) is 0.152. The maximum absolute atomic E-state index is 13.2. The van der Waals surface area contributed by atoms with Crippen molar-refractivity contribution in [1.82, 2.24) is 8.75 Å². The summed E-state index contributed by atoms with van der Waals surface area (Å²) in [5.74, 6) is 0.156. The van der Waals surface area contributed by atoms with Crippen LogP contribution >= 0.6 is 23.5 Å². The molecule has 4 heterocycles. The van der Waals surface area contributed by atoms with Gasteiger partial charge in [-0.1, -0.05) is 24.3 Å². The van der Waals surface area contributed by atoms with E-state index in [1.54, 1.807) is 48.2 Å². The highest BCUT2D eigenvalue weighted by Crippen LogP contribution is 2.46. The number of aldehydes is 1. The van der Waals surface area contributed by atoms with Crippen molar-refractivity contribution in [3.63, 3.8) is 0 Å². The Morgan fingerprint density at radius 1 is 0.844 bits per heavy atom. The second-order valence-electron chi connectivity index (χ2n) is 10.2. The molecule has 1 N–H and O–H groups in total. The Morgan fingerprint density at radius 3 is 2.27 bits per heavy atom. The second-order valence-corrected chi connectivity index (χ2v) is 11.6. The standard InChI is InChI=1S/C25H18N2O5S2.C8H6O3/c1-33-17-6-4-16(5-7-17)25(29)18(10-14-2-9-21-22(11-14)31-13-30-21)23(24(28)32-25)15-3-8-19-20(12-15)27-34-26-19;9-4-6-1-2-7-8(3-6)11-5-10-7/h2-9,11-12,29H,10,13H2,1H3;1-4H,5H2. The molecular weight excluding hydrogens is 617 g/mol. The Labute approximate surface area is 265 Å². The van der Waals surface area contributed by atoms with Crippen LogP contribution in [0.25, 0.3) is 16.6 Å². The van der Waals surface area contributed by atoms with E-state index < -0.39 is 11.8 Å². The van der Waals surface area contributed by atoms with Gasteiger partial charge in [-0.2, -0.15) is 8.75 Å². The quantitative estimate of drug-likeness (QED) is 0.138. The Morgan fingerprint density at radius 2 is 1.53 bits per heavy atom. The molecule has 1 unspecified atom stereocenters. The molecule has 0 saturated heterocycles. The number of thioether (sulfide) groups is 1. The van der Waals surface area contributed by atoms with E-state index in [-0.39, 0.29) is 20.0 Å². The number of nitrogens with zero attached hydrogens (tertiary/aromatic N) is 2. The lowest BCUT2D eigenvalue weighted by Gasteiger charge is -2.26. The number of rotatable bonds is 6. The number of ether oxygens (including phenoxy) is 5. The minimum atomic E-state index is -1.91. The molecule has 0 saturated carbocycles.